The molecule has 19 heavy (non-hydrogen) atoms. The molecule has 0 saturated carbocycles. The molecule has 3 rings (SSSR count). The van der Waals surface area contributed by atoms with Crippen molar-refractivity contribution in [2.24, 2.45) is 0 Å². The molecule has 0 fully saturated rings. The molecule has 2 aromatic rings. The van der Waals surface area contributed by atoms with E-state index in [-0.39, 0.29) is 0 Å². The standard InChI is InChI=1S/C16H19N3/c1-2-17-16-8-7-13(9-18-16)10-19-11-14-5-3-4-6-15(14)12-19/h3-9H,2,10-12H2,1H3,(H,17,18). The van der Waals surface area contributed by atoms with Gasteiger partial charge in [0.25, 0.3) is 0 Å². The van der Waals surface area contributed by atoms with E-state index in [2.05, 4.69) is 58.5 Å². The van der Waals surface area contributed by atoms with Crippen LogP contribution in [0.5, 0.6) is 0 Å². The molecule has 0 aliphatic carbocycles. The van der Waals surface area contributed by atoms with Crippen molar-refractivity contribution in [1.82, 2.24) is 9.88 Å². The summed E-state index contributed by atoms with van der Waals surface area (Å²) < 4.78 is 0. The molecule has 0 unspecified atom stereocenters. The van der Waals surface area contributed by atoms with Gasteiger partial charge in [-0.3, -0.25) is 4.90 Å². The summed E-state index contributed by atoms with van der Waals surface area (Å²) in [5.41, 5.74) is 4.19. The number of pyridine rings is 1. The van der Waals surface area contributed by atoms with E-state index in [0.717, 1.165) is 32.0 Å². The average Bonchev–Trinajstić information content (AvgIpc) is 2.83. The number of rotatable bonds is 4. The van der Waals surface area contributed by atoms with Gasteiger partial charge in [-0.05, 0) is 29.7 Å². The van der Waals surface area contributed by atoms with Gasteiger partial charge in [-0.15, -0.1) is 0 Å². The van der Waals surface area contributed by atoms with Gasteiger partial charge in [0.05, 0.1) is 0 Å². The summed E-state index contributed by atoms with van der Waals surface area (Å²) in [6.45, 7) is 6.05. The number of aromatic nitrogens is 1. The van der Waals surface area contributed by atoms with Crippen LogP contribution in [-0.2, 0) is 19.6 Å². The molecule has 2 heterocycles. The van der Waals surface area contributed by atoms with E-state index in [1.165, 1.54) is 16.7 Å². The summed E-state index contributed by atoms with van der Waals surface area (Å²) in [4.78, 5) is 6.87. The summed E-state index contributed by atoms with van der Waals surface area (Å²) >= 11 is 0. The molecular formula is C16H19N3. The van der Waals surface area contributed by atoms with Gasteiger partial charge in [-0.25, -0.2) is 4.98 Å². The van der Waals surface area contributed by atoms with Crippen molar-refractivity contribution in [3.8, 4) is 0 Å². The molecule has 0 spiro atoms. The Hall–Kier alpha value is -1.87. The Morgan fingerprint density at radius 1 is 1.11 bits per heavy atom. The van der Waals surface area contributed by atoms with Gasteiger partial charge in [-0.1, -0.05) is 30.3 Å². The normalized spacial score (nSPS) is 14.4. The third-order valence-corrected chi connectivity index (χ3v) is 3.50. The Kier molecular flexibility index (Phi) is 3.47. The lowest BCUT2D eigenvalue weighted by molar-refractivity contribution is 0.275. The van der Waals surface area contributed by atoms with Crippen LogP contribution in [0, 0.1) is 0 Å². The first-order valence-electron chi connectivity index (χ1n) is 6.83. The molecule has 3 nitrogen and oxygen atoms in total. The third-order valence-electron chi connectivity index (χ3n) is 3.50. The predicted octanol–water partition coefficient (Wildman–Crippen LogP) is 3.03. The van der Waals surface area contributed by atoms with Gasteiger partial charge in [0.2, 0.25) is 0 Å². The van der Waals surface area contributed by atoms with E-state index >= 15 is 0 Å². The minimum Gasteiger partial charge on any atom is -0.370 e. The van der Waals surface area contributed by atoms with Gasteiger partial charge in [0.1, 0.15) is 5.82 Å². The Balaban J connectivity index is 1.64. The van der Waals surface area contributed by atoms with Crippen LogP contribution >= 0.6 is 0 Å². The third kappa shape index (κ3) is 2.76. The van der Waals surface area contributed by atoms with Gasteiger partial charge in [-0.2, -0.15) is 0 Å². The fourth-order valence-electron chi connectivity index (χ4n) is 2.58. The second-order valence-corrected chi connectivity index (χ2v) is 5.00. The van der Waals surface area contributed by atoms with Gasteiger partial charge in [0, 0.05) is 32.4 Å². The van der Waals surface area contributed by atoms with Crippen LogP contribution in [0.4, 0.5) is 5.82 Å². The zero-order valence-electron chi connectivity index (χ0n) is 11.3. The van der Waals surface area contributed by atoms with Crippen LogP contribution in [-0.4, -0.2) is 16.4 Å². The maximum absolute atomic E-state index is 4.42. The number of nitrogens with one attached hydrogen (secondary N) is 1. The fourth-order valence-corrected chi connectivity index (χ4v) is 2.58. The highest BCUT2D eigenvalue weighted by atomic mass is 15.1. The SMILES string of the molecule is CCNc1ccc(CN2Cc3ccccc3C2)cn1. The van der Waals surface area contributed by atoms with Crippen LogP contribution in [0.3, 0.4) is 0 Å². The van der Waals surface area contributed by atoms with Crippen molar-refractivity contribution in [3.05, 3.63) is 59.3 Å². The molecule has 1 N–H and O–H groups in total. The molecular weight excluding hydrogens is 234 g/mol. The molecule has 0 bridgehead atoms. The topological polar surface area (TPSA) is 28.2 Å². The molecule has 1 aliphatic heterocycles. The lowest BCUT2D eigenvalue weighted by Crippen LogP contribution is -2.15. The van der Waals surface area contributed by atoms with Gasteiger partial charge in [0.15, 0.2) is 0 Å². The van der Waals surface area contributed by atoms with Crippen molar-refractivity contribution >= 4 is 5.82 Å². The molecule has 0 radical (unpaired) electrons. The maximum atomic E-state index is 4.42. The summed E-state index contributed by atoms with van der Waals surface area (Å²) in [7, 11) is 0. The Bertz CT molecular complexity index is 523. The van der Waals surface area contributed by atoms with Crippen LogP contribution in [0.15, 0.2) is 42.6 Å². The summed E-state index contributed by atoms with van der Waals surface area (Å²) in [6.07, 6.45) is 1.97. The second-order valence-electron chi connectivity index (χ2n) is 5.00. The van der Waals surface area contributed by atoms with E-state index in [4.69, 9.17) is 0 Å². The highest BCUT2D eigenvalue weighted by molar-refractivity contribution is 5.35. The highest BCUT2D eigenvalue weighted by Crippen LogP contribution is 2.23. The highest BCUT2D eigenvalue weighted by Gasteiger charge is 2.17. The molecule has 0 amide bonds. The van der Waals surface area contributed by atoms with Crippen molar-refractivity contribution < 1.29 is 0 Å². The van der Waals surface area contributed by atoms with E-state index in [0.29, 0.717) is 0 Å². The van der Waals surface area contributed by atoms with Crippen LogP contribution in [0.2, 0.25) is 0 Å². The average molecular weight is 253 g/mol. The van der Waals surface area contributed by atoms with E-state index in [1.807, 2.05) is 6.20 Å². The van der Waals surface area contributed by atoms with Crippen molar-refractivity contribution in [2.45, 2.75) is 26.6 Å². The lowest BCUT2D eigenvalue weighted by Gasteiger charge is -2.14. The number of fused-ring (bicyclic) bond motifs is 1. The first-order chi connectivity index (χ1) is 9.35. The van der Waals surface area contributed by atoms with E-state index in [9.17, 15) is 0 Å². The minimum atomic E-state index is 0.910. The Morgan fingerprint density at radius 3 is 2.42 bits per heavy atom. The number of hydrogen-bond donors (Lipinski definition) is 1. The largest absolute Gasteiger partial charge is 0.370 e. The Morgan fingerprint density at radius 2 is 1.84 bits per heavy atom. The summed E-state index contributed by atoms with van der Waals surface area (Å²) in [5, 5.41) is 3.22. The van der Waals surface area contributed by atoms with Gasteiger partial charge >= 0.3 is 0 Å². The zero-order valence-corrected chi connectivity index (χ0v) is 11.3. The summed E-state index contributed by atoms with van der Waals surface area (Å²) in [5.74, 6) is 0.955. The number of benzene rings is 1. The van der Waals surface area contributed by atoms with E-state index in [1.54, 1.807) is 0 Å². The van der Waals surface area contributed by atoms with Crippen molar-refractivity contribution in [2.75, 3.05) is 11.9 Å². The number of nitrogens with zero attached hydrogens (tertiary/aromatic N) is 2. The molecule has 3 heteroatoms. The number of hydrogen-bond acceptors (Lipinski definition) is 3. The monoisotopic (exact) mass is 253 g/mol. The quantitative estimate of drug-likeness (QED) is 0.907. The first-order valence-corrected chi connectivity index (χ1v) is 6.83. The molecule has 1 aliphatic rings. The fraction of sp³-hybridized carbons (Fsp3) is 0.312. The molecule has 98 valence electrons. The molecule has 1 aromatic carbocycles. The van der Waals surface area contributed by atoms with Crippen LogP contribution in [0.1, 0.15) is 23.6 Å². The maximum Gasteiger partial charge on any atom is 0.125 e. The van der Waals surface area contributed by atoms with Crippen LogP contribution in [0.25, 0.3) is 0 Å². The van der Waals surface area contributed by atoms with Crippen molar-refractivity contribution in [1.29, 1.82) is 0 Å². The number of anilines is 1. The van der Waals surface area contributed by atoms with E-state index < -0.39 is 0 Å². The lowest BCUT2D eigenvalue weighted by atomic mass is 10.1. The minimum absolute atomic E-state index is 0.910. The second kappa shape index (κ2) is 5.41. The molecule has 1 aromatic heterocycles. The molecule has 0 saturated heterocycles. The summed E-state index contributed by atoms with van der Waals surface area (Å²) in [6, 6.07) is 12.9. The predicted molar refractivity (Wildman–Crippen MR) is 77.8 cm³/mol. The van der Waals surface area contributed by atoms with Crippen molar-refractivity contribution in [3.63, 3.8) is 0 Å². The molecule has 0 atom stereocenters. The first kappa shape index (κ1) is 12.2. The Labute approximate surface area is 114 Å². The zero-order chi connectivity index (χ0) is 13.1. The van der Waals surface area contributed by atoms with Crippen LogP contribution < -0.4 is 5.32 Å². The smallest absolute Gasteiger partial charge is 0.125 e. The van der Waals surface area contributed by atoms with Gasteiger partial charge < -0.3 is 5.32 Å².